The summed E-state index contributed by atoms with van der Waals surface area (Å²) in [5.74, 6) is -0.234. The zero-order chi connectivity index (χ0) is 13.8. The first-order valence-electron chi connectivity index (χ1n) is 5.65. The van der Waals surface area contributed by atoms with Crippen LogP contribution in [0.5, 0.6) is 0 Å². The summed E-state index contributed by atoms with van der Waals surface area (Å²) in [7, 11) is 0. The van der Waals surface area contributed by atoms with Gasteiger partial charge in [0, 0.05) is 27.8 Å². The molecule has 0 amide bonds. The van der Waals surface area contributed by atoms with Gasteiger partial charge in [-0.1, -0.05) is 36.5 Å². The minimum absolute atomic E-state index is 0.234. The van der Waals surface area contributed by atoms with Crippen molar-refractivity contribution in [1.29, 1.82) is 0 Å². The van der Waals surface area contributed by atoms with Crippen LogP contribution in [0.4, 0.5) is 10.1 Å². The fraction of sp³-hybridized carbons (Fsp3) is 0.0714. The Bertz CT molecular complexity index is 616. The van der Waals surface area contributed by atoms with Crippen LogP contribution in [0.15, 0.2) is 46.9 Å². The number of benzene rings is 2. The standard InChI is InChI=1S/C14H12BrFN2S/c15-10-5-3-7-12(13(10)14(17)19)18-8-9-4-1-2-6-11(9)16/h1-7,18H,8H2,(H2,17,19). The molecule has 98 valence electrons. The van der Waals surface area contributed by atoms with Gasteiger partial charge in [0.15, 0.2) is 0 Å². The topological polar surface area (TPSA) is 38.0 Å². The molecule has 3 N–H and O–H groups in total. The third-order valence-corrected chi connectivity index (χ3v) is 3.55. The molecule has 2 aromatic carbocycles. The highest BCUT2D eigenvalue weighted by Crippen LogP contribution is 2.25. The van der Waals surface area contributed by atoms with Crippen molar-refractivity contribution in [2.45, 2.75) is 6.54 Å². The maximum atomic E-state index is 13.5. The highest BCUT2D eigenvalue weighted by molar-refractivity contribution is 9.10. The van der Waals surface area contributed by atoms with Crippen LogP contribution in [-0.4, -0.2) is 4.99 Å². The summed E-state index contributed by atoms with van der Waals surface area (Å²) < 4.78 is 14.3. The fourth-order valence-electron chi connectivity index (χ4n) is 1.75. The quantitative estimate of drug-likeness (QED) is 0.832. The normalized spacial score (nSPS) is 10.2. The molecule has 0 aromatic heterocycles. The van der Waals surface area contributed by atoms with Gasteiger partial charge in [-0.15, -0.1) is 0 Å². The van der Waals surface area contributed by atoms with Gasteiger partial charge in [0.2, 0.25) is 0 Å². The molecule has 0 saturated carbocycles. The Morgan fingerprint density at radius 2 is 1.95 bits per heavy atom. The van der Waals surface area contributed by atoms with E-state index < -0.39 is 0 Å². The lowest BCUT2D eigenvalue weighted by atomic mass is 10.1. The van der Waals surface area contributed by atoms with Crippen molar-refractivity contribution in [3.63, 3.8) is 0 Å². The number of nitrogens with two attached hydrogens (primary N) is 1. The summed E-state index contributed by atoms with van der Waals surface area (Å²) >= 11 is 8.43. The lowest BCUT2D eigenvalue weighted by molar-refractivity contribution is 0.613. The van der Waals surface area contributed by atoms with E-state index in [4.69, 9.17) is 18.0 Å². The zero-order valence-electron chi connectivity index (χ0n) is 9.99. The van der Waals surface area contributed by atoms with Gasteiger partial charge in [0.1, 0.15) is 10.8 Å². The largest absolute Gasteiger partial charge is 0.389 e. The molecule has 0 unspecified atom stereocenters. The number of rotatable bonds is 4. The minimum Gasteiger partial charge on any atom is -0.389 e. The lowest BCUT2D eigenvalue weighted by Gasteiger charge is -2.13. The summed E-state index contributed by atoms with van der Waals surface area (Å²) in [5.41, 5.74) is 7.81. The molecule has 2 rings (SSSR count). The molecule has 0 aliphatic heterocycles. The third-order valence-electron chi connectivity index (χ3n) is 2.69. The Balaban J connectivity index is 2.23. The van der Waals surface area contributed by atoms with E-state index in [2.05, 4.69) is 21.2 Å². The lowest BCUT2D eigenvalue weighted by Crippen LogP contribution is -2.14. The van der Waals surface area contributed by atoms with Gasteiger partial charge in [-0.05, 0) is 34.1 Å². The van der Waals surface area contributed by atoms with Crippen molar-refractivity contribution in [2.24, 2.45) is 5.73 Å². The van der Waals surface area contributed by atoms with Crippen LogP contribution >= 0.6 is 28.1 Å². The van der Waals surface area contributed by atoms with E-state index in [1.165, 1.54) is 6.07 Å². The Morgan fingerprint density at radius 3 is 2.63 bits per heavy atom. The highest BCUT2D eigenvalue weighted by atomic mass is 79.9. The number of thiocarbonyl (C=S) groups is 1. The predicted molar refractivity (Wildman–Crippen MR) is 83.8 cm³/mol. The molecule has 0 aliphatic rings. The van der Waals surface area contributed by atoms with Crippen molar-refractivity contribution >= 4 is 38.8 Å². The van der Waals surface area contributed by atoms with E-state index in [9.17, 15) is 4.39 Å². The molecular weight excluding hydrogens is 327 g/mol. The Labute approximate surface area is 124 Å². The van der Waals surface area contributed by atoms with Gasteiger partial charge in [0.05, 0.1) is 0 Å². The second kappa shape index (κ2) is 6.12. The van der Waals surface area contributed by atoms with Crippen LogP contribution in [0.3, 0.4) is 0 Å². The van der Waals surface area contributed by atoms with Crippen molar-refractivity contribution in [2.75, 3.05) is 5.32 Å². The number of hydrogen-bond donors (Lipinski definition) is 2. The molecule has 0 spiro atoms. The van der Waals surface area contributed by atoms with Gasteiger partial charge >= 0.3 is 0 Å². The van der Waals surface area contributed by atoms with E-state index in [0.717, 1.165) is 15.7 Å². The number of hydrogen-bond acceptors (Lipinski definition) is 2. The van der Waals surface area contributed by atoms with E-state index in [1.54, 1.807) is 18.2 Å². The molecule has 0 atom stereocenters. The second-order valence-corrected chi connectivity index (χ2v) is 5.27. The van der Waals surface area contributed by atoms with E-state index >= 15 is 0 Å². The highest BCUT2D eigenvalue weighted by Gasteiger charge is 2.09. The van der Waals surface area contributed by atoms with Crippen LogP contribution in [0.1, 0.15) is 11.1 Å². The van der Waals surface area contributed by atoms with Gasteiger partial charge in [-0.3, -0.25) is 0 Å². The maximum absolute atomic E-state index is 13.5. The Morgan fingerprint density at radius 1 is 1.21 bits per heavy atom. The first kappa shape index (κ1) is 14.0. The molecule has 19 heavy (non-hydrogen) atoms. The van der Waals surface area contributed by atoms with Crippen LogP contribution in [0.25, 0.3) is 0 Å². The Hall–Kier alpha value is -1.46. The summed E-state index contributed by atoms with van der Waals surface area (Å²) in [4.78, 5) is 0.295. The summed E-state index contributed by atoms with van der Waals surface area (Å²) in [5, 5.41) is 3.16. The first-order chi connectivity index (χ1) is 9.09. The van der Waals surface area contributed by atoms with E-state index in [1.807, 2.05) is 18.2 Å². The van der Waals surface area contributed by atoms with Crippen molar-refractivity contribution in [3.8, 4) is 0 Å². The third kappa shape index (κ3) is 3.30. The number of nitrogens with one attached hydrogen (secondary N) is 1. The molecule has 2 nitrogen and oxygen atoms in total. The Kier molecular flexibility index (Phi) is 4.50. The van der Waals surface area contributed by atoms with Crippen LogP contribution in [-0.2, 0) is 6.54 Å². The fourth-order valence-corrected chi connectivity index (χ4v) is 2.69. The molecule has 0 aliphatic carbocycles. The molecule has 2 aromatic rings. The molecule has 0 radical (unpaired) electrons. The number of halogens is 2. The van der Waals surface area contributed by atoms with Crippen molar-refractivity contribution < 1.29 is 4.39 Å². The molecule has 5 heteroatoms. The van der Waals surface area contributed by atoms with Crippen LogP contribution < -0.4 is 11.1 Å². The number of anilines is 1. The summed E-state index contributed by atoms with van der Waals surface area (Å²) in [6.45, 7) is 0.374. The zero-order valence-corrected chi connectivity index (χ0v) is 12.4. The van der Waals surface area contributed by atoms with Crippen LogP contribution in [0, 0.1) is 5.82 Å². The van der Waals surface area contributed by atoms with Gasteiger partial charge in [0.25, 0.3) is 0 Å². The van der Waals surface area contributed by atoms with Crippen molar-refractivity contribution in [3.05, 3.63) is 63.9 Å². The monoisotopic (exact) mass is 338 g/mol. The molecule has 0 heterocycles. The summed E-state index contributed by atoms with van der Waals surface area (Å²) in [6, 6.07) is 12.2. The molecular formula is C14H12BrFN2S. The minimum atomic E-state index is -0.234. The summed E-state index contributed by atoms with van der Waals surface area (Å²) in [6.07, 6.45) is 0. The van der Waals surface area contributed by atoms with Crippen molar-refractivity contribution in [1.82, 2.24) is 0 Å². The van der Waals surface area contributed by atoms with E-state index in [-0.39, 0.29) is 5.82 Å². The molecule has 0 bridgehead atoms. The average Bonchev–Trinajstić information content (AvgIpc) is 2.37. The van der Waals surface area contributed by atoms with Gasteiger partial charge in [-0.2, -0.15) is 0 Å². The smallest absolute Gasteiger partial charge is 0.128 e. The van der Waals surface area contributed by atoms with E-state index in [0.29, 0.717) is 17.1 Å². The van der Waals surface area contributed by atoms with Gasteiger partial charge in [-0.25, -0.2) is 4.39 Å². The second-order valence-electron chi connectivity index (χ2n) is 3.97. The van der Waals surface area contributed by atoms with Gasteiger partial charge < -0.3 is 11.1 Å². The molecule has 0 saturated heterocycles. The van der Waals surface area contributed by atoms with Crippen LogP contribution in [0.2, 0.25) is 0 Å². The first-order valence-corrected chi connectivity index (χ1v) is 6.85. The molecule has 0 fully saturated rings. The average molecular weight is 339 g/mol. The predicted octanol–water partition coefficient (Wildman–Crippen LogP) is 3.83. The SMILES string of the molecule is NC(=S)c1c(Br)cccc1NCc1ccccc1F. The maximum Gasteiger partial charge on any atom is 0.128 e.